The summed E-state index contributed by atoms with van der Waals surface area (Å²) in [5, 5.41) is 4.59. The van der Waals surface area contributed by atoms with Crippen molar-refractivity contribution in [3.8, 4) is 11.5 Å². The zero-order valence-corrected chi connectivity index (χ0v) is 12.3. The van der Waals surface area contributed by atoms with Crippen LogP contribution in [-0.2, 0) is 9.59 Å². The predicted molar refractivity (Wildman–Crippen MR) is 81.2 cm³/mol. The topological polar surface area (TPSA) is 76.7 Å². The third kappa shape index (κ3) is 3.35. The standard InChI is InChI=1S/C15H10ClFN2O4/c16-10-5-8(1-3-11(10)17)18-14(20)15(21)19-9-2-4-12-13(6-9)23-7-22-12/h1-6H,7H2,(H,18,20)(H,19,21). The van der Waals surface area contributed by atoms with Crippen molar-refractivity contribution in [2.75, 3.05) is 17.4 Å². The minimum atomic E-state index is -0.912. The van der Waals surface area contributed by atoms with Crippen LogP contribution in [-0.4, -0.2) is 18.6 Å². The number of nitrogens with one attached hydrogen (secondary N) is 2. The maximum Gasteiger partial charge on any atom is 0.314 e. The quantitative estimate of drug-likeness (QED) is 0.827. The van der Waals surface area contributed by atoms with Crippen molar-refractivity contribution >= 4 is 34.8 Å². The molecule has 0 spiro atoms. The number of amides is 2. The van der Waals surface area contributed by atoms with E-state index in [0.29, 0.717) is 17.2 Å². The van der Waals surface area contributed by atoms with Crippen molar-refractivity contribution < 1.29 is 23.5 Å². The number of fused-ring (bicyclic) bond motifs is 1. The zero-order chi connectivity index (χ0) is 16.4. The fourth-order valence-electron chi connectivity index (χ4n) is 1.92. The lowest BCUT2D eigenvalue weighted by molar-refractivity contribution is -0.132. The van der Waals surface area contributed by atoms with Crippen LogP contribution >= 0.6 is 11.6 Å². The number of ether oxygens (including phenoxy) is 2. The molecule has 2 N–H and O–H groups in total. The predicted octanol–water partition coefficient (Wildman–Crippen LogP) is 2.79. The molecular formula is C15H10ClFN2O4. The van der Waals surface area contributed by atoms with Gasteiger partial charge in [0.1, 0.15) is 5.82 Å². The van der Waals surface area contributed by atoms with Gasteiger partial charge < -0.3 is 20.1 Å². The molecule has 0 fully saturated rings. The van der Waals surface area contributed by atoms with E-state index in [9.17, 15) is 14.0 Å². The summed E-state index contributed by atoms with van der Waals surface area (Å²) in [4.78, 5) is 23.7. The Bertz CT molecular complexity index is 797. The monoisotopic (exact) mass is 336 g/mol. The van der Waals surface area contributed by atoms with Gasteiger partial charge in [-0.15, -0.1) is 0 Å². The summed E-state index contributed by atoms with van der Waals surface area (Å²) in [5.74, 6) is -1.37. The van der Waals surface area contributed by atoms with Crippen LogP contribution < -0.4 is 20.1 Å². The van der Waals surface area contributed by atoms with Crippen LogP contribution in [0.3, 0.4) is 0 Å². The van der Waals surface area contributed by atoms with E-state index in [1.54, 1.807) is 18.2 Å². The van der Waals surface area contributed by atoms with Crippen LogP contribution in [0.4, 0.5) is 15.8 Å². The summed E-state index contributed by atoms with van der Waals surface area (Å²) < 4.78 is 23.4. The highest BCUT2D eigenvalue weighted by Crippen LogP contribution is 2.34. The van der Waals surface area contributed by atoms with Gasteiger partial charge in [-0.25, -0.2) is 4.39 Å². The molecule has 2 aromatic rings. The molecule has 0 radical (unpaired) electrons. The lowest BCUT2D eigenvalue weighted by Gasteiger charge is -2.07. The van der Waals surface area contributed by atoms with Crippen LogP contribution in [0.2, 0.25) is 5.02 Å². The van der Waals surface area contributed by atoms with E-state index in [1.807, 2.05) is 0 Å². The summed E-state index contributed by atoms with van der Waals surface area (Å²) in [6.07, 6.45) is 0. The minimum absolute atomic E-state index is 0.110. The summed E-state index contributed by atoms with van der Waals surface area (Å²) in [6, 6.07) is 8.34. The molecule has 0 saturated heterocycles. The van der Waals surface area contributed by atoms with Crippen LogP contribution in [0.1, 0.15) is 0 Å². The molecule has 23 heavy (non-hydrogen) atoms. The smallest absolute Gasteiger partial charge is 0.314 e. The first kappa shape index (κ1) is 15.1. The summed E-state index contributed by atoms with van der Waals surface area (Å²) in [5.41, 5.74) is 0.591. The molecule has 0 unspecified atom stereocenters. The van der Waals surface area contributed by atoms with Gasteiger partial charge in [-0.05, 0) is 30.3 Å². The van der Waals surface area contributed by atoms with Crippen LogP contribution in [0.25, 0.3) is 0 Å². The van der Waals surface area contributed by atoms with Gasteiger partial charge in [-0.1, -0.05) is 11.6 Å². The van der Waals surface area contributed by atoms with Gasteiger partial charge in [0.2, 0.25) is 6.79 Å². The Balaban J connectivity index is 1.65. The second-order valence-corrected chi connectivity index (χ2v) is 5.01. The zero-order valence-electron chi connectivity index (χ0n) is 11.6. The lowest BCUT2D eigenvalue weighted by atomic mass is 10.2. The van der Waals surface area contributed by atoms with Crippen molar-refractivity contribution in [3.63, 3.8) is 0 Å². The summed E-state index contributed by atoms with van der Waals surface area (Å²) in [6.45, 7) is 0.110. The molecule has 1 heterocycles. The van der Waals surface area contributed by atoms with Crippen LogP contribution in [0, 0.1) is 5.82 Å². The van der Waals surface area contributed by atoms with Gasteiger partial charge in [-0.3, -0.25) is 9.59 Å². The molecule has 118 valence electrons. The molecule has 3 rings (SSSR count). The van der Waals surface area contributed by atoms with Gasteiger partial charge in [0, 0.05) is 17.4 Å². The second kappa shape index (κ2) is 6.13. The van der Waals surface area contributed by atoms with E-state index >= 15 is 0 Å². The van der Waals surface area contributed by atoms with E-state index in [-0.39, 0.29) is 17.5 Å². The first-order valence-electron chi connectivity index (χ1n) is 6.50. The van der Waals surface area contributed by atoms with Crippen molar-refractivity contribution in [2.24, 2.45) is 0 Å². The van der Waals surface area contributed by atoms with Crippen molar-refractivity contribution in [2.45, 2.75) is 0 Å². The number of carbonyl (C=O) groups is 2. The van der Waals surface area contributed by atoms with Crippen LogP contribution in [0.5, 0.6) is 11.5 Å². The largest absolute Gasteiger partial charge is 0.454 e. The van der Waals surface area contributed by atoms with Crippen molar-refractivity contribution in [1.29, 1.82) is 0 Å². The van der Waals surface area contributed by atoms with E-state index in [1.165, 1.54) is 12.1 Å². The number of anilines is 2. The first-order chi connectivity index (χ1) is 11.0. The molecule has 0 aromatic heterocycles. The molecule has 2 aromatic carbocycles. The molecular weight excluding hydrogens is 327 g/mol. The highest BCUT2D eigenvalue weighted by Gasteiger charge is 2.18. The van der Waals surface area contributed by atoms with E-state index < -0.39 is 17.6 Å². The average molecular weight is 337 g/mol. The number of hydrogen-bond donors (Lipinski definition) is 2. The molecule has 1 aliphatic rings. The Kier molecular flexibility index (Phi) is 4.03. The molecule has 0 saturated carbocycles. The van der Waals surface area contributed by atoms with E-state index in [0.717, 1.165) is 6.07 Å². The molecule has 8 heteroatoms. The van der Waals surface area contributed by atoms with Gasteiger partial charge >= 0.3 is 11.8 Å². The van der Waals surface area contributed by atoms with Gasteiger partial charge in [-0.2, -0.15) is 0 Å². The van der Waals surface area contributed by atoms with Crippen LogP contribution in [0.15, 0.2) is 36.4 Å². The van der Waals surface area contributed by atoms with Gasteiger partial charge in [0.15, 0.2) is 11.5 Å². The highest BCUT2D eigenvalue weighted by molar-refractivity contribution is 6.43. The van der Waals surface area contributed by atoms with Crippen molar-refractivity contribution in [3.05, 3.63) is 47.2 Å². The normalized spacial score (nSPS) is 11.9. The third-order valence-electron chi connectivity index (χ3n) is 3.01. The summed E-state index contributed by atoms with van der Waals surface area (Å²) in [7, 11) is 0. The Morgan fingerprint density at radius 3 is 2.26 bits per heavy atom. The SMILES string of the molecule is O=C(Nc1ccc(F)c(Cl)c1)C(=O)Nc1ccc2c(c1)OCO2. The molecule has 2 amide bonds. The number of rotatable bonds is 2. The van der Waals surface area contributed by atoms with Gasteiger partial charge in [0.05, 0.1) is 5.02 Å². The fraction of sp³-hybridized carbons (Fsp3) is 0.0667. The first-order valence-corrected chi connectivity index (χ1v) is 6.88. The molecule has 0 bridgehead atoms. The third-order valence-corrected chi connectivity index (χ3v) is 3.30. The fourth-order valence-corrected chi connectivity index (χ4v) is 2.10. The van der Waals surface area contributed by atoms with E-state index in [4.69, 9.17) is 21.1 Å². The molecule has 1 aliphatic heterocycles. The summed E-state index contributed by atoms with van der Waals surface area (Å²) >= 11 is 5.61. The molecule has 0 atom stereocenters. The lowest BCUT2D eigenvalue weighted by Crippen LogP contribution is -2.29. The maximum atomic E-state index is 13.0. The Hall–Kier alpha value is -2.80. The Labute approximate surface area is 135 Å². The van der Waals surface area contributed by atoms with Gasteiger partial charge in [0.25, 0.3) is 0 Å². The second-order valence-electron chi connectivity index (χ2n) is 4.61. The van der Waals surface area contributed by atoms with E-state index in [2.05, 4.69) is 10.6 Å². The number of benzene rings is 2. The Morgan fingerprint density at radius 1 is 0.957 bits per heavy atom. The Morgan fingerprint density at radius 2 is 1.57 bits per heavy atom. The number of halogens is 2. The number of carbonyl (C=O) groups excluding carboxylic acids is 2. The molecule has 6 nitrogen and oxygen atoms in total. The number of hydrogen-bond acceptors (Lipinski definition) is 4. The average Bonchev–Trinajstić information content (AvgIpc) is 2.98. The highest BCUT2D eigenvalue weighted by atomic mass is 35.5. The van der Waals surface area contributed by atoms with Crippen molar-refractivity contribution in [1.82, 2.24) is 0 Å². The maximum absolute atomic E-state index is 13.0. The molecule has 0 aliphatic carbocycles. The minimum Gasteiger partial charge on any atom is -0.454 e.